The third-order valence-electron chi connectivity index (χ3n) is 3.61. The van der Waals surface area contributed by atoms with Crippen molar-refractivity contribution in [3.63, 3.8) is 0 Å². The van der Waals surface area contributed by atoms with Crippen molar-refractivity contribution in [3.8, 4) is 0 Å². The summed E-state index contributed by atoms with van der Waals surface area (Å²) in [6.07, 6.45) is 2.44. The molecule has 7 heteroatoms. The number of benzene rings is 1. The molecule has 1 aromatic heterocycles. The van der Waals surface area contributed by atoms with Crippen LogP contribution in [0, 0.1) is 11.6 Å². The van der Waals surface area contributed by atoms with E-state index in [0.29, 0.717) is 6.42 Å². The molecule has 0 saturated heterocycles. The monoisotopic (exact) mass is 335 g/mol. The third-order valence-corrected chi connectivity index (χ3v) is 3.61. The van der Waals surface area contributed by atoms with E-state index in [1.54, 1.807) is 24.5 Å². The van der Waals surface area contributed by atoms with E-state index in [4.69, 9.17) is 0 Å². The Labute approximate surface area is 138 Å². The van der Waals surface area contributed by atoms with Crippen LogP contribution in [-0.4, -0.2) is 22.7 Å². The summed E-state index contributed by atoms with van der Waals surface area (Å²) in [7, 11) is 0. The minimum absolute atomic E-state index is 0.227. The molecule has 0 fully saturated rings. The number of hydrogen-bond acceptors (Lipinski definition) is 3. The van der Waals surface area contributed by atoms with Crippen LogP contribution < -0.4 is 10.6 Å². The van der Waals surface area contributed by atoms with Gasteiger partial charge in [0.15, 0.2) is 0 Å². The molecule has 3 N–H and O–H groups in total. The predicted molar refractivity (Wildman–Crippen MR) is 85.1 cm³/mol. The van der Waals surface area contributed by atoms with E-state index in [0.717, 1.165) is 17.7 Å². The summed E-state index contributed by atoms with van der Waals surface area (Å²) in [4.78, 5) is 15.9. The van der Waals surface area contributed by atoms with Gasteiger partial charge in [0.25, 0.3) is 0 Å². The average molecular weight is 335 g/mol. The number of aliphatic hydroxyl groups is 1. The number of aromatic nitrogens is 1. The Morgan fingerprint density at radius 2 is 1.83 bits per heavy atom. The lowest BCUT2D eigenvalue weighted by molar-refractivity contribution is 0.163. The van der Waals surface area contributed by atoms with Crippen LogP contribution in [0.4, 0.5) is 13.6 Å². The highest BCUT2D eigenvalue weighted by atomic mass is 19.1. The highest BCUT2D eigenvalue weighted by molar-refractivity contribution is 5.74. The summed E-state index contributed by atoms with van der Waals surface area (Å²) in [5, 5.41) is 15.1. The van der Waals surface area contributed by atoms with E-state index in [2.05, 4.69) is 15.6 Å². The molecule has 0 radical (unpaired) electrons. The van der Waals surface area contributed by atoms with Gasteiger partial charge in [-0.1, -0.05) is 13.0 Å². The van der Waals surface area contributed by atoms with E-state index in [1.807, 2.05) is 6.92 Å². The van der Waals surface area contributed by atoms with Gasteiger partial charge in [0, 0.05) is 18.9 Å². The van der Waals surface area contributed by atoms with Crippen LogP contribution in [0.1, 0.15) is 36.6 Å². The zero-order valence-corrected chi connectivity index (χ0v) is 13.2. The molecule has 0 spiro atoms. The third kappa shape index (κ3) is 4.48. The minimum atomic E-state index is -1.47. The highest BCUT2D eigenvalue weighted by Gasteiger charge is 2.19. The second-order valence-corrected chi connectivity index (χ2v) is 5.25. The van der Waals surface area contributed by atoms with E-state index in [1.165, 1.54) is 6.07 Å². The molecule has 0 bridgehead atoms. The summed E-state index contributed by atoms with van der Waals surface area (Å²) in [6.45, 7) is 1.60. The molecule has 2 rings (SSSR count). The molecule has 0 aliphatic carbocycles. The molecule has 1 aromatic carbocycles. The molecule has 5 nitrogen and oxygen atoms in total. The van der Waals surface area contributed by atoms with Gasteiger partial charge in [0.2, 0.25) is 0 Å². The molecule has 128 valence electrons. The number of halogens is 2. The van der Waals surface area contributed by atoms with Crippen molar-refractivity contribution in [2.75, 3.05) is 6.54 Å². The molecule has 0 aliphatic heterocycles. The van der Waals surface area contributed by atoms with Crippen molar-refractivity contribution in [3.05, 3.63) is 65.5 Å². The van der Waals surface area contributed by atoms with Gasteiger partial charge in [0.1, 0.15) is 17.7 Å². The first-order valence-electron chi connectivity index (χ1n) is 7.59. The van der Waals surface area contributed by atoms with E-state index in [-0.39, 0.29) is 12.6 Å². The van der Waals surface area contributed by atoms with Gasteiger partial charge in [-0.3, -0.25) is 4.98 Å². The number of pyridine rings is 1. The van der Waals surface area contributed by atoms with E-state index >= 15 is 0 Å². The second-order valence-electron chi connectivity index (χ2n) is 5.25. The fourth-order valence-corrected chi connectivity index (χ4v) is 2.35. The molecular formula is C17H19F2N3O2. The SMILES string of the molecule is CCC(NC(=O)NCC(O)c1c(F)cccc1F)c1ccncc1. The van der Waals surface area contributed by atoms with Gasteiger partial charge in [-0.05, 0) is 36.2 Å². The number of aliphatic hydroxyl groups excluding tert-OH is 1. The van der Waals surface area contributed by atoms with Gasteiger partial charge in [-0.25, -0.2) is 13.6 Å². The topological polar surface area (TPSA) is 74.2 Å². The number of nitrogens with one attached hydrogen (secondary N) is 2. The lowest BCUT2D eigenvalue weighted by Crippen LogP contribution is -2.39. The first-order valence-corrected chi connectivity index (χ1v) is 7.59. The standard InChI is InChI=1S/C17H19F2N3O2/c1-2-14(11-6-8-20-9-7-11)22-17(24)21-10-15(23)16-12(18)4-3-5-13(16)19/h3-9,14-15,23H,2,10H2,1H3,(H2,21,22,24). The van der Waals surface area contributed by atoms with Crippen molar-refractivity contribution in [2.24, 2.45) is 0 Å². The zero-order chi connectivity index (χ0) is 17.5. The molecular weight excluding hydrogens is 316 g/mol. The number of hydrogen-bond donors (Lipinski definition) is 3. The van der Waals surface area contributed by atoms with Crippen LogP contribution in [0.2, 0.25) is 0 Å². The summed E-state index contributed by atoms with van der Waals surface area (Å²) >= 11 is 0. The van der Waals surface area contributed by atoms with Crippen LogP contribution in [0.15, 0.2) is 42.7 Å². The first kappa shape index (κ1) is 17.8. The Balaban J connectivity index is 1.93. The summed E-state index contributed by atoms with van der Waals surface area (Å²) in [6, 6.07) is 6.14. The molecule has 2 amide bonds. The molecule has 2 aromatic rings. The molecule has 0 saturated carbocycles. The molecule has 0 aliphatic rings. The number of rotatable bonds is 6. The smallest absolute Gasteiger partial charge is 0.315 e. The Morgan fingerprint density at radius 3 is 2.42 bits per heavy atom. The van der Waals surface area contributed by atoms with Crippen LogP contribution in [-0.2, 0) is 0 Å². The number of carbonyl (C=O) groups excluding carboxylic acids is 1. The summed E-state index contributed by atoms with van der Waals surface area (Å²) in [5.41, 5.74) is 0.433. The Kier molecular flexibility index (Phi) is 6.20. The maximum atomic E-state index is 13.6. The Bertz CT molecular complexity index is 663. The minimum Gasteiger partial charge on any atom is -0.386 e. The van der Waals surface area contributed by atoms with Gasteiger partial charge >= 0.3 is 6.03 Å². The largest absolute Gasteiger partial charge is 0.386 e. The number of carbonyl (C=O) groups is 1. The lowest BCUT2D eigenvalue weighted by Gasteiger charge is -2.19. The fourth-order valence-electron chi connectivity index (χ4n) is 2.35. The van der Waals surface area contributed by atoms with Crippen molar-refractivity contribution >= 4 is 6.03 Å². The zero-order valence-electron chi connectivity index (χ0n) is 13.2. The highest BCUT2D eigenvalue weighted by Crippen LogP contribution is 2.20. The molecule has 2 unspecified atom stereocenters. The van der Waals surface area contributed by atoms with Crippen molar-refractivity contribution in [1.29, 1.82) is 0 Å². The first-order chi connectivity index (χ1) is 11.5. The molecule has 24 heavy (non-hydrogen) atoms. The molecule has 2 atom stereocenters. The maximum Gasteiger partial charge on any atom is 0.315 e. The van der Waals surface area contributed by atoms with E-state index < -0.39 is 29.3 Å². The Morgan fingerprint density at radius 1 is 1.21 bits per heavy atom. The van der Waals surface area contributed by atoms with Gasteiger partial charge in [-0.15, -0.1) is 0 Å². The normalized spacial score (nSPS) is 13.2. The van der Waals surface area contributed by atoms with Gasteiger partial charge in [0.05, 0.1) is 11.6 Å². The number of amides is 2. The van der Waals surface area contributed by atoms with Crippen molar-refractivity contribution < 1.29 is 18.7 Å². The van der Waals surface area contributed by atoms with Crippen LogP contribution in [0.5, 0.6) is 0 Å². The summed E-state index contributed by atoms with van der Waals surface area (Å²) in [5.74, 6) is -1.71. The number of nitrogens with zero attached hydrogens (tertiary/aromatic N) is 1. The number of urea groups is 1. The van der Waals surface area contributed by atoms with Crippen LogP contribution >= 0.6 is 0 Å². The van der Waals surface area contributed by atoms with Gasteiger partial charge < -0.3 is 15.7 Å². The van der Waals surface area contributed by atoms with Crippen molar-refractivity contribution in [1.82, 2.24) is 15.6 Å². The quantitative estimate of drug-likeness (QED) is 0.760. The van der Waals surface area contributed by atoms with Crippen molar-refractivity contribution in [2.45, 2.75) is 25.5 Å². The fraction of sp³-hybridized carbons (Fsp3) is 0.294. The van der Waals surface area contributed by atoms with Crippen LogP contribution in [0.25, 0.3) is 0 Å². The maximum absolute atomic E-state index is 13.6. The Hall–Kier alpha value is -2.54. The van der Waals surface area contributed by atoms with Crippen LogP contribution in [0.3, 0.4) is 0 Å². The predicted octanol–water partition coefficient (Wildman–Crippen LogP) is 2.84. The summed E-state index contributed by atoms with van der Waals surface area (Å²) < 4.78 is 27.2. The van der Waals surface area contributed by atoms with Gasteiger partial charge in [-0.2, -0.15) is 0 Å². The average Bonchev–Trinajstić information content (AvgIpc) is 2.58. The lowest BCUT2D eigenvalue weighted by atomic mass is 10.1. The van der Waals surface area contributed by atoms with E-state index in [9.17, 15) is 18.7 Å². The second kappa shape index (κ2) is 8.35. The molecule has 1 heterocycles.